The summed E-state index contributed by atoms with van der Waals surface area (Å²) in [7, 11) is 5.76. The average Bonchev–Trinajstić information content (AvgIpc) is 2.72. The van der Waals surface area contributed by atoms with E-state index in [1.165, 1.54) is 40.6 Å². The van der Waals surface area contributed by atoms with Gasteiger partial charge in [-0.1, -0.05) is 0 Å². The lowest BCUT2D eigenvalue weighted by Crippen LogP contribution is -2.04. The van der Waals surface area contributed by atoms with Crippen LogP contribution in [-0.2, 0) is 9.53 Å². The molecule has 0 amide bonds. The molecule has 7 nitrogen and oxygen atoms in total. The van der Waals surface area contributed by atoms with Crippen LogP contribution in [0, 0.1) is 0 Å². The third-order valence-corrected chi connectivity index (χ3v) is 3.66. The summed E-state index contributed by atoms with van der Waals surface area (Å²) in [4.78, 5) is 22.9. The van der Waals surface area contributed by atoms with Crippen molar-refractivity contribution in [3.8, 4) is 23.0 Å². The lowest BCUT2D eigenvalue weighted by Gasteiger charge is -2.15. The summed E-state index contributed by atoms with van der Waals surface area (Å²) in [6.45, 7) is 0. The molecule has 0 aliphatic carbocycles. The van der Waals surface area contributed by atoms with Crippen molar-refractivity contribution in [2.24, 2.45) is 0 Å². The van der Waals surface area contributed by atoms with Gasteiger partial charge in [-0.05, 0) is 36.4 Å². The van der Waals surface area contributed by atoms with Gasteiger partial charge in [-0.15, -0.1) is 0 Å². The second-order valence-corrected chi connectivity index (χ2v) is 5.23. The van der Waals surface area contributed by atoms with Gasteiger partial charge in [-0.2, -0.15) is 0 Å². The van der Waals surface area contributed by atoms with Crippen molar-refractivity contribution < 1.29 is 33.3 Å². The highest BCUT2D eigenvalue weighted by Gasteiger charge is 2.15. The first-order valence-corrected chi connectivity index (χ1v) is 7.89. The Hall–Kier alpha value is -3.48. The highest BCUT2D eigenvalue weighted by Crippen LogP contribution is 2.34. The quantitative estimate of drug-likeness (QED) is 0.305. The van der Waals surface area contributed by atoms with Gasteiger partial charge >= 0.3 is 5.97 Å². The van der Waals surface area contributed by atoms with Gasteiger partial charge in [0, 0.05) is 11.1 Å². The third kappa shape index (κ3) is 4.78. The van der Waals surface area contributed by atoms with Gasteiger partial charge < -0.3 is 23.7 Å². The fourth-order valence-corrected chi connectivity index (χ4v) is 2.29. The Balaban J connectivity index is 2.53. The standard InChI is InChI=1S/C20H20O7/c1-23-15-8-6-14(10-18(15)25-3)17(11-20(22)26-4)27-19-9-13(12-21)5-7-16(19)24-2/h5-12H,1-4H3/b17-11-. The zero-order valence-electron chi connectivity index (χ0n) is 15.5. The molecule has 0 saturated heterocycles. The summed E-state index contributed by atoms with van der Waals surface area (Å²) in [5.41, 5.74) is 0.937. The highest BCUT2D eigenvalue weighted by atomic mass is 16.5. The molecule has 2 aromatic carbocycles. The van der Waals surface area contributed by atoms with Crippen LogP contribution in [-0.4, -0.2) is 40.7 Å². The number of aldehydes is 1. The van der Waals surface area contributed by atoms with Gasteiger partial charge in [0.25, 0.3) is 0 Å². The maximum Gasteiger partial charge on any atom is 0.334 e. The van der Waals surface area contributed by atoms with Gasteiger partial charge in [0.15, 0.2) is 23.0 Å². The van der Waals surface area contributed by atoms with Crippen molar-refractivity contribution in [3.05, 3.63) is 53.6 Å². The molecule has 142 valence electrons. The summed E-state index contributed by atoms with van der Waals surface area (Å²) in [6.07, 6.45) is 1.88. The topological polar surface area (TPSA) is 80.3 Å². The maximum absolute atomic E-state index is 11.8. The molecule has 2 aromatic rings. The molecular formula is C20H20O7. The average molecular weight is 372 g/mol. The van der Waals surface area contributed by atoms with Gasteiger partial charge in [0.1, 0.15) is 12.0 Å². The van der Waals surface area contributed by atoms with Crippen LogP contribution >= 0.6 is 0 Å². The number of hydrogen-bond donors (Lipinski definition) is 0. The summed E-state index contributed by atoms with van der Waals surface area (Å²) >= 11 is 0. The van der Waals surface area contributed by atoms with Gasteiger partial charge in [0.05, 0.1) is 34.5 Å². The molecule has 0 spiro atoms. The van der Waals surface area contributed by atoms with E-state index in [4.69, 9.17) is 23.7 Å². The predicted molar refractivity (Wildman–Crippen MR) is 98.5 cm³/mol. The SMILES string of the molecule is COC(=O)/C=C(\Oc1cc(C=O)ccc1OC)c1ccc(OC)c(OC)c1. The fourth-order valence-electron chi connectivity index (χ4n) is 2.29. The molecule has 0 aliphatic heterocycles. The van der Waals surface area contributed by atoms with Crippen LogP contribution in [0.3, 0.4) is 0 Å². The summed E-state index contributed by atoms with van der Waals surface area (Å²) in [5, 5.41) is 0. The lowest BCUT2D eigenvalue weighted by molar-refractivity contribution is -0.134. The van der Waals surface area contributed by atoms with E-state index < -0.39 is 5.97 Å². The predicted octanol–water partition coefficient (Wildman–Crippen LogP) is 3.12. The molecule has 0 heterocycles. The first-order valence-electron chi connectivity index (χ1n) is 7.89. The van der Waals surface area contributed by atoms with Crippen molar-refractivity contribution in [2.75, 3.05) is 28.4 Å². The van der Waals surface area contributed by atoms with Gasteiger partial charge in [0.2, 0.25) is 0 Å². The summed E-state index contributed by atoms with van der Waals surface area (Å²) in [6, 6.07) is 9.75. The number of hydrogen-bond acceptors (Lipinski definition) is 7. The molecule has 0 saturated carbocycles. The zero-order valence-corrected chi connectivity index (χ0v) is 15.5. The van der Waals surface area contributed by atoms with E-state index in [0.717, 1.165) is 0 Å². The largest absolute Gasteiger partial charge is 0.493 e. The molecule has 0 fully saturated rings. The minimum atomic E-state index is -0.606. The number of rotatable bonds is 8. The molecule has 0 aromatic heterocycles. The molecule has 0 radical (unpaired) electrons. The number of carbonyl (C=O) groups excluding carboxylic acids is 2. The molecule has 0 unspecified atom stereocenters. The van der Waals surface area contributed by atoms with Crippen molar-refractivity contribution in [3.63, 3.8) is 0 Å². The first-order chi connectivity index (χ1) is 13.1. The minimum Gasteiger partial charge on any atom is -0.493 e. The first kappa shape index (κ1) is 19.8. The molecule has 0 bridgehead atoms. The van der Waals surface area contributed by atoms with E-state index in [9.17, 15) is 9.59 Å². The summed E-state index contributed by atoms with van der Waals surface area (Å²) in [5.74, 6) is 1.24. The Morgan fingerprint density at radius 1 is 0.815 bits per heavy atom. The summed E-state index contributed by atoms with van der Waals surface area (Å²) < 4.78 is 26.4. The lowest BCUT2D eigenvalue weighted by atomic mass is 10.1. The van der Waals surface area contributed by atoms with E-state index in [1.807, 2.05) is 0 Å². The molecule has 0 atom stereocenters. The molecule has 2 rings (SSSR count). The van der Waals surface area contributed by atoms with Gasteiger partial charge in [-0.3, -0.25) is 4.79 Å². The Labute approximate surface area is 157 Å². The number of ether oxygens (including phenoxy) is 5. The monoisotopic (exact) mass is 372 g/mol. The van der Waals surface area contributed by atoms with E-state index >= 15 is 0 Å². The Kier molecular flexibility index (Phi) is 6.82. The number of esters is 1. The van der Waals surface area contributed by atoms with Crippen LogP contribution in [0.15, 0.2) is 42.5 Å². The second kappa shape index (κ2) is 9.28. The molecule has 27 heavy (non-hydrogen) atoms. The molecular weight excluding hydrogens is 352 g/mol. The minimum absolute atomic E-state index is 0.184. The van der Waals surface area contributed by atoms with Crippen molar-refractivity contribution in [1.29, 1.82) is 0 Å². The maximum atomic E-state index is 11.8. The smallest absolute Gasteiger partial charge is 0.334 e. The van der Waals surface area contributed by atoms with Crippen molar-refractivity contribution in [2.45, 2.75) is 0 Å². The second-order valence-electron chi connectivity index (χ2n) is 5.23. The molecule has 7 heteroatoms. The number of carbonyl (C=O) groups is 2. The van der Waals surface area contributed by atoms with E-state index in [-0.39, 0.29) is 11.5 Å². The van der Waals surface area contributed by atoms with Crippen molar-refractivity contribution >= 4 is 18.0 Å². The van der Waals surface area contributed by atoms with E-state index in [2.05, 4.69) is 0 Å². The normalized spacial score (nSPS) is 10.7. The Bertz CT molecular complexity index is 855. The van der Waals surface area contributed by atoms with Gasteiger partial charge in [-0.25, -0.2) is 4.79 Å². The van der Waals surface area contributed by atoms with E-state index in [0.29, 0.717) is 34.7 Å². The van der Waals surface area contributed by atoms with Crippen LogP contribution < -0.4 is 18.9 Å². The third-order valence-electron chi connectivity index (χ3n) is 3.66. The highest BCUT2D eigenvalue weighted by molar-refractivity contribution is 5.90. The Morgan fingerprint density at radius 2 is 1.44 bits per heavy atom. The number of methoxy groups -OCH3 is 4. The van der Waals surface area contributed by atoms with Crippen LogP contribution in [0.2, 0.25) is 0 Å². The zero-order chi connectivity index (χ0) is 19.8. The van der Waals surface area contributed by atoms with Crippen LogP contribution in [0.5, 0.6) is 23.0 Å². The molecule has 0 N–H and O–H groups in total. The van der Waals surface area contributed by atoms with Crippen molar-refractivity contribution in [1.82, 2.24) is 0 Å². The van der Waals surface area contributed by atoms with Crippen LogP contribution in [0.25, 0.3) is 5.76 Å². The van der Waals surface area contributed by atoms with E-state index in [1.54, 1.807) is 30.3 Å². The fraction of sp³-hybridized carbons (Fsp3) is 0.200. The molecule has 0 aliphatic rings. The van der Waals surface area contributed by atoms with Crippen LogP contribution in [0.1, 0.15) is 15.9 Å². The Morgan fingerprint density at radius 3 is 2.04 bits per heavy atom. The van der Waals surface area contributed by atoms with Crippen LogP contribution in [0.4, 0.5) is 0 Å². The number of benzene rings is 2.